The molecule has 1 aromatic heterocycles. The van der Waals surface area contributed by atoms with E-state index in [4.69, 9.17) is 4.42 Å². The first-order chi connectivity index (χ1) is 10.1. The van der Waals surface area contributed by atoms with Crippen molar-refractivity contribution in [1.29, 1.82) is 0 Å². The lowest BCUT2D eigenvalue weighted by atomic mass is 9.94. The summed E-state index contributed by atoms with van der Waals surface area (Å²) in [5, 5.41) is 13.7. The van der Waals surface area contributed by atoms with Crippen molar-refractivity contribution in [2.75, 3.05) is 6.54 Å². The van der Waals surface area contributed by atoms with Crippen LogP contribution in [0.3, 0.4) is 0 Å². The maximum atomic E-state index is 12.2. The lowest BCUT2D eigenvalue weighted by Crippen LogP contribution is -2.42. The first-order valence-electron chi connectivity index (χ1n) is 7.21. The van der Waals surface area contributed by atoms with Gasteiger partial charge in [0.05, 0.1) is 12.8 Å². The van der Waals surface area contributed by atoms with Crippen molar-refractivity contribution in [2.45, 2.75) is 25.4 Å². The Labute approximate surface area is 123 Å². The van der Waals surface area contributed by atoms with Gasteiger partial charge in [-0.2, -0.15) is 0 Å². The quantitative estimate of drug-likeness (QED) is 0.887. The Hall–Kier alpha value is -2.07. The third-order valence-electron chi connectivity index (χ3n) is 4.00. The SMILES string of the molecule is Cc1cccc(C(=O)NC[C@](O)(c2ccco2)C2CC2)c1. The molecule has 1 atom stereocenters. The molecule has 0 spiro atoms. The summed E-state index contributed by atoms with van der Waals surface area (Å²) in [6.07, 6.45) is 3.46. The van der Waals surface area contributed by atoms with Gasteiger partial charge < -0.3 is 14.8 Å². The second-order valence-electron chi connectivity index (χ2n) is 5.73. The topological polar surface area (TPSA) is 62.5 Å². The summed E-state index contributed by atoms with van der Waals surface area (Å²) in [6.45, 7) is 2.11. The molecule has 1 aliphatic carbocycles. The van der Waals surface area contributed by atoms with Gasteiger partial charge in [0.25, 0.3) is 5.91 Å². The first kappa shape index (κ1) is 13.9. The van der Waals surface area contributed by atoms with E-state index in [1.165, 1.54) is 0 Å². The summed E-state index contributed by atoms with van der Waals surface area (Å²) < 4.78 is 5.36. The summed E-state index contributed by atoms with van der Waals surface area (Å²) >= 11 is 0. The minimum Gasteiger partial charge on any atom is -0.466 e. The molecule has 0 saturated heterocycles. The molecule has 4 nitrogen and oxygen atoms in total. The molecule has 0 unspecified atom stereocenters. The van der Waals surface area contributed by atoms with Crippen LogP contribution >= 0.6 is 0 Å². The molecule has 1 fully saturated rings. The van der Waals surface area contributed by atoms with Crippen molar-refractivity contribution < 1.29 is 14.3 Å². The molecule has 2 N–H and O–H groups in total. The van der Waals surface area contributed by atoms with Gasteiger partial charge in [-0.3, -0.25) is 4.79 Å². The van der Waals surface area contributed by atoms with Crippen LogP contribution in [0.5, 0.6) is 0 Å². The van der Waals surface area contributed by atoms with Crippen LogP contribution in [0.1, 0.15) is 34.5 Å². The molecule has 1 saturated carbocycles. The van der Waals surface area contributed by atoms with E-state index in [1.807, 2.05) is 25.1 Å². The second kappa shape index (κ2) is 5.37. The monoisotopic (exact) mass is 285 g/mol. The number of aryl methyl sites for hydroxylation is 1. The van der Waals surface area contributed by atoms with E-state index in [0.717, 1.165) is 18.4 Å². The number of amides is 1. The Balaban J connectivity index is 1.72. The first-order valence-corrected chi connectivity index (χ1v) is 7.21. The van der Waals surface area contributed by atoms with Gasteiger partial charge >= 0.3 is 0 Å². The van der Waals surface area contributed by atoms with Crippen molar-refractivity contribution in [3.05, 3.63) is 59.5 Å². The van der Waals surface area contributed by atoms with Crippen LogP contribution in [0.4, 0.5) is 0 Å². The number of aliphatic hydroxyl groups is 1. The van der Waals surface area contributed by atoms with Crippen LogP contribution in [0.25, 0.3) is 0 Å². The van der Waals surface area contributed by atoms with Gasteiger partial charge in [-0.15, -0.1) is 0 Å². The fraction of sp³-hybridized carbons (Fsp3) is 0.353. The van der Waals surface area contributed by atoms with E-state index >= 15 is 0 Å². The fourth-order valence-electron chi connectivity index (χ4n) is 2.62. The molecule has 0 aliphatic heterocycles. The van der Waals surface area contributed by atoms with Crippen LogP contribution < -0.4 is 5.32 Å². The molecule has 1 aromatic carbocycles. The predicted molar refractivity (Wildman–Crippen MR) is 78.8 cm³/mol. The summed E-state index contributed by atoms with van der Waals surface area (Å²) in [5.41, 5.74) is 0.530. The Bertz CT molecular complexity index is 631. The van der Waals surface area contributed by atoms with Crippen molar-refractivity contribution in [1.82, 2.24) is 5.32 Å². The van der Waals surface area contributed by atoms with Crippen LogP contribution in [-0.2, 0) is 5.60 Å². The van der Waals surface area contributed by atoms with E-state index in [2.05, 4.69) is 5.32 Å². The van der Waals surface area contributed by atoms with Crippen molar-refractivity contribution in [3.63, 3.8) is 0 Å². The maximum Gasteiger partial charge on any atom is 0.251 e. The highest BCUT2D eigenvalue weighted by Crippen LogP contribution is 2.45. The molecular weight excluding hydrogens is 266 g/mol. The minimum atomic E-state index is -1.11. The fourth-order valence-corrected chi connectivity index (χ4v) is 2.62. The average Bonchev–Trinajstić information content (AvgIpc) is 3.19. The molecule has 1 heterocycles. The highest BCUT2D eigenvalue weighted by atomic mass is 16.4. The van der Waals surface area contributed by atoms with Gasteiger partial charge in [0.2, 0.25) is 0 Å². The minimum absolute atomic E-state index is 0.154. The molecule has 1 amide bonds. The molecule has 0 radical (unpaired) electrons. The lowest BCUT2D eigenvalue weighted by molar-refractivity contribution is -0.00610. The molecule has 1 aliphatic rings. The van der Waals surface area contributed by atoms with Crippen LogP contribution in [0, 0.1) is 12.8 Å². The standard InChI is InChI=1S/C17H19NO3/c1-12-4-2-5-13(10-12)16(19)18-11-17(20,14-7-8-14)15-6-3-9-21-15/h2-6,9-10,14,20H,7-8,11H2,1H3,(H,18,19)/t17-/m1/s1. The Morgan fingerprint density at radius 3 is 2.81 bits per heavy atom. The summed E-state index contributed by atoms with van der Waals surface area (Å²) in [6, 6.07) is 10.9. The maximum absolute atomic E-state index is 12.2. The van der Waals surface area contributed by atoms with Gasteiger partial charge in [-0.05, 0) is 49.9 Å². The Morgan fingerprint density at radius 2 is 2.19 bits per heavy atom. The van der Waals surface area contributed by atoms with E-state index < -0.39 is 5.60 Å². The molecule has 21 heavy (non-hydrogen) atoms. The van der Waals surface area contributed by atoms with Crippen molar-refractivity contribution in [2.24, 2.45) is 5.92 Å². The van der Waals surface area contributed by atoms with Crippen molar-refractivity contribution >= 4 is 5.91 Å². The number of benzene rings is 1. The van der Waals surface area contributed by atoms with Gasteiger partial charge in [-0.1, -0.05) is 17.7 Å². The third-order valence-corrected chi connectivity index (χ3v) is 4.00. The van der Waals surface area contributed by atoms with Gasteiger partial charge in [0.1, 0.15) is 11.4 Å². The van der Waals surface area contributed by atoms with Crippen LogP contribution in [-0.4, -0.2) is 17.6 Å². The van der Waals surface area contributed by atoms with Gasteiger partial charge in [0, 0.05) is 5.56 Å². The van der Waals surface area contributed by atoms with E-state index in [-0.39, 0.29) is 18.4 Å². The summed E-state index contributed by atoms with van der Waals surface area (Å²) in [4.78, 5) is 12.2. The van der Waals surface area contributed by atoms with Gasteiger partial charge in [-0.25, -0.2) is 0 Å². The number of nitrogens with one attached hydrogen (secondary N) is 1. The smallest absolute Gasteiger partial charge is 0.251 e. The zero-order valence-corrected chi connectivity index (χ0v) is 12.0. The predicted octanol–water partition coefficient (Wildman–Crippen LogP) is 2.62. The number of hydrogen-bond donors (Lipinski definition) is 2. The van der Waals surface area contributed by atoms with Crippen molar-refractivity contribution in [3.8, 4) is 0 Å². The number of rotatable bonds is 5. The number of carbonyl (C=O) groups excluding carboxylic acids is 1. The van der Waals surface area contributed by atoms with E-state index in [1.54, 1.807) is 24.5 Å². The lowest BCUT2D eigenvalue weighted by Gasteiger charge is -2.26. The molecule has 3 rings (SSSR count). The van der Waals surface area contributed by atoms with E-state index in [9.17, 15) is 9.90 Å². The van der Waals surface area contributed by atoms with Gasteiger partial charge in [0.15, 0.2) is 0 Å². The molecule has 0 bridgehead atoms. The zero-order valence-electron chi connectivity index (χ0n) is 12.0. The second-order valence-corrected chi connectivity index (χ2v) is 5.73. The summed E-state index contributed by atoms with van der Waals surface area (Å²) in [5.74, 6) is 0.500. The molecule has 110 valence electrons. The zero-order chi connectivity index (χ0) is 14.9. The Morgan fingerprint density at radius 1 is 1.38 bits per heavy atom. The van der Waals surface area contributed by atoms with Crippen LogP contribution in [0.2, 0.25) is 0 Å². The number of furan rings is 1. The average molecular weight is 285 g/mol. The number of hydrogen-bond acceptors (Lipinski definition) is 3. The number of carbonyl (C=O) groups is 1. The van der Waals surface area contributed by atoms with E-state index in [0.29, 0.717) is 11.3 Å². The normalized spacial score (nSPS) is 17.2. The summed E-state index contributed by atoms with van der Waals surface area (Å²) in [7, 11) is 0. The highest BCUT2D eigenvalue weighted by molar-refractivity contribution is 5.94. The third kappa shape index (κ3) is 2.85. The largest absolute Gasteiger partial charge is 0.466 e. The molecule has 2 aromatic rings. The Kier molecular flexibility index (Phi) is 3.55. The molecular formula is C17H19NO3. The van der Waals surface area contributed by atoms with Crippen LogP contribution in [0.15, 0.2) is 47.1 Å². The highest BCUT2D eigenvalue weighted by Gasteiger charge is 2.47. The molecule has 4 heteroatoms.